The third kappa shape index (κ3) is 1.28. The highest BCUT2D eigenvalue weighted by molar-refractivity contribution is 5.90. The summed E-state index contributed by atoms with van der Waals surface area (Å²) in [5.41, 5.74) is 0. The van der Waals surface area contributed by atoms with Crippen molar-refractivity contribution in [1.82, 2.24) is 0 Å². The van der Waals surface area contributed by atoms with Gasteiger partial charge < -0.3 is 4.74 Å². The molecule has 3 heteroatoms. The van der Waals surface area contributed by atoms with Gasteiger partial charge in [-0.25, -0.2) is 0 Å². The van der Waals surface area contributed by atoms with Gasteiger partial charge in [-0.3, -0.25) is 9.79 Å². The second-order valence-corrected chi connectivity index (χ2v) is 1.97. The molecule has 1 heterocycles. The number of esters is 1. The van der Waals surface area contributed by atoms with Gasteiger partial charge in [0.05, 0.1) is 12.5 Å². The lowest BCUT2D eigenvalue weighted by Gasteiger charge is -1.91. The zero-order chi connectivity index (χ0) is 6.69. The largest absolute Gasteiger partial charge is 0.465 e. The monoisotopic (exact) mass is 127 g/mol. The van der Waals surface area contributed by atoms with E-state index < -0.39 is 0 Å². The van der Waals surface area contributed by atoms with E-state index in [9.17, 15) is 4.79 Å². The summed E-state index contributed by atoms with van der Waals surface area (Å²) in [6, 6.07) is 0. The Kier molecular flexibility index (Phi) is 1.82. The van der Waals surface area contributed by atoms with Crippen LogP contribution in [0.15, 0.2) is 4.99 Å². The summed E-state index contributed by atoms with van der Waals surface area (Å²) in [6.07, 6.45) is 2.42. The lowest BCUT2D eigenvalue weighted by atomic mass is 10.1. The first kappa shape index (κ1) is 6.26. The van der Waals surface area contributed by atoms with E-state index in [1.807, 2.05) is 0 Å². The Hall–Kier alpha value is -0.860. The lowest BCUT2D eigenvalue weighted by molar-refractivity contribution is -0.139. The van der Waals surface area contributed by atoms with Gasteiger partial charge in [-0.15, -0.1) is 0 Å². The highest BCUT2D eigenvalue weighted by atomic mass is 16.5. The molecule has 1 aliphatic heterocycles. The van der Waals surface area contributed by atoms with E-state index in [0.717, 1.165) is 6.42 Å². The van der Waals surface area contributed by atoms with Crippen LogP contribution in [0, 0.1) is 5.92 Å². The minimum atomic E-state index is -0.138. The topological polar surface area (TPSA) is 38.7 Å². The van der Waals surface area contributed by atoms with Gasteiger partial charge in [0.2, 0.25) is 0 Å². The fraction of sp³-hybridized carbons (Fsp3) is 0.667. The van der Waals surface area contributed by atoms with E-state index in [0.29, 0.717) is 6.61 Å². The summed E-state index contributed by atoms with van der Waals surface area (Å²) in [5, 5.41) is 0. The summed E-state index contributed by atoms with van der Waals surface area (Å²) in [7, 11) is 1.66. The highest BCUT2D eigenvalue weighted by Crippen LogP contribution is 2.10. The van der Waals surface area contributed by atoms with Crippen molar-refractivity contribution in [3.05, 3.63) is 0 Å². The SMILES string of the molecule is CN=CC1CCOC1=O. The quantitative estimate of drug-likeness (QED) is 0.374. The molecular formula is C6H9NO2. The maximum absolute atomic E-state index is 10.7. The van der Waals surface area contributed by atoms with Crippen molar-refractivity contribution >= 4 is 12.2 Å². The predicted molar refractivity (Wildman–Crippen MR) is 33.5 cm³/mol. The van der Waals surface area contributed by atoms with Gasteiger partial charge >= 0.3 is 5.97 Å². The molecule has 0 bridgehead atoms. The van der Waals surface area contributed by atoms with Gasteiger partial charge in [0, 0.05) is 13.3 Å². The number of hydrogen-bond donors (Lipinski definition) is 0. The molecule has 1 saturated heterocycles. The molecule has 3 nitrogen and oxygen atoms in total. The molecule has 0 radical (unpaired) electrons. The van der Waals surface area contributed by atoms with E-state index in [-0.39, 0.29) is 11.9 Å². The van der Waals surface area contributed by atoms with Gasteiger partial charge in [-0.1, -0.05) is 0 Å². The molecule has 1 atom stereocenters. The number of cyclic esters (lactones) is 1. The molecule has 0 aliphatic carbocycles. The van der Waals surface area contributed by atoms with Crippen molar-refractivity contribution < 1.29 is 9.53 Å². The molecule has 0 aromatic carbocycles. The average molecular weight is 127 g/mol. The van der Waals surface area contributed by atoms with E-state index in [1.54, 1.807) is 13.3 Å². The first-order valence-electron chi connectivity index (χ1n) is 2.93. The number of carbonyl (C=O) groups excluding carboxylic acids is 1. The van der Waals surface area contributed by atoms with Crippen molar-refractivity contribution in [2.45, 2.75) is 6.42 Å². The summed E-state index contributed by atoms with van der Waals surface area (Å²) in [4.78, 5) is 14.4. The highest BCUT2D eigenvalue weighted by Gasteiger charge is 2.23. The smallest absolute Gasteiger partial charge is 0.314 e. The van der Waals surface area contributed by atoms with Crippen LogP contribution in [-0.2, 0) is 9.53 Å². The Morgan fingerprint density at radius 1 is 1.89 bits per heavy atom. The van der Waals surface area contributed by atoms with Crippen LogP contribution >= 0.6 is 0 Å². The number of hydrogen-bond acceptors (Lipinski definition) is 3. The number of carbonyl (C=O) groups is 1. The van der Waals surface area contributed by atoms with Crippen LogP contribution in [0.2, 0.25) is 0 Å². The zero-order valence-electron chi connectivity index (χ0n) is 5.33. The molecule has 0 aromatic rings. The Morgan fingerprint density at radius 2 is 2.67 bits per heavy atom. The molecular weight excluding hydrogens is 118 g/mol. The third-order valence-electron chi connectivity index (χ3n) is 1.30. The van der Waals surface area contributed by atoms with Crippen LogP contribution in [0.1, 0.15) is 6.42 Å². The van der Waals surface area contributed by atoms with E-state index in [1.165, 1.54) is 0 Å². The first-order valence-corrected chi connectivity index (χ1v) is 2.93. The molecule has 0 aromatic heterocycles. The van der Waals surface area contributed by atoms with Crippen molar-refractivity contribution in [3.8, 4) is 0 Å². The second-order valence-electron chi connectivity index (χ2n) is 1.97. The number of ether oxygens (including phenoxy) is 1. The van der Waals surface area contributed by atoms with Crippen LogP contribution in [0.4, 0.5) is 0 Å². The van der Waals surface area contributed by atoms with Gasteiger partial charge in [0.1, 0.15) is 0 Å². The zero-order valence-corrected chi connectivity index (χ0v) is 5.33. The summed E-state index contributed by atoms with van der Waals surface area (Å²) in [6.45, 7) is 0.551. The van der Waals surface area contributed by atoms with Crippen LogP contribution in [0.5, 0.6) is 0 Å². The minimum Gasteiger partial charge on any atom is -0.465 e. The Morgan fingerprint density at radius 3 is 3.11 bits per heavy atom. The maximum Gasteiger partial charge on any atom is 0.314 e. The van der Waals surface area contributed by atoms with Crippen molar-refractivity contribution in [3.63, 3.8) is 0 Å². The molecule has 50 valence electrons. The first-order chi connectivity index (χ1) is 4.34. The number of aliphatic imine (C=N–C) groups is 1. The molecule has 1 fully saturated rings. The molecule has 0 spiro atoms. The van der Waals surface area contributed by atoms with Gasteiger partial charge in [0.15, 0.2) is 0 Å². The van der Waals surface area contributed by atoms with Crippen molar-refractivity contribution in [1.29, 1.82) is 0 Å². The van der Waals surface area contributed by atoms with Crippen molar-refractivity contribution in [2.24, 2.45) is 10.9 Å². The van der Waals surface area contributed by atoms with Gasteiger partial charge in [0.25, 0.3) is 0 Å². The van der Waals surface area contributed by atoms with Gasteiger partial charge in [-0.2, -0.15) is 0 Å². The Bertz CT molecular complexity index is 142. The van der Waals surface area contributed by atoms with Crippen LogP contribution < -0.4 is 0 Å². The average Bonchev–Trinajstić information content (AvgIpc) is 2.18. The van der Waals surface area contributed by atoms with Gasteiger partial charge in [-0.05, 0) is 6.42 Å². The summed E-state index contributed by atoms with van der Waals surface area (Å²) >= 11 is 0. The van der Waals surface area contributed by atoms with Crippen LogP contribution in [0.3, 0.4) is 0 Å². The second kappa shape index (κ2) is 2.62. The summed E-state index contributed by atoms with van der Waals surface area (Å²) in [5.74, 6) is -0.212. The lowest BCUT2D eigenvalue weighted by Crippen LogP contribution is -2.08. The Balaban J connectivity index is 2.49. The molecule has 1 rings (SSSR count). The predicted octanol–water partition coefficient (Wildman–Crippen LogP) is 0.250. The van der Waals surface area contributed by atoms with Crippen LogP contribution in [-0.4, -0.2) is 25.8 Å². The third-order valence-corrected chi connectivity index (χ3v) is 1.30. The van der Waals surface area contributed by atoms with E-state index in [4.69, 9.17) is 0 Å². The maximum atomic E-state index is 10.7. The molecule has 0 N–H and O–H groups in total. The molecule has 1 unspecified atom stereocenters. The van der Waals surface area contributed by atoms with Crippen LogP contribution in [0.25, 0.3) is 0 Å². The summed E-state index contributed by atoms with van der Waals surface area (Å²) < 4.78 is 4.69. The fourth-order valence-electron chi connectivity index (χ4n) is 0.827. The standard InChI is InChI=1S/C6H9NO2/c1-7-4-5-2-3-9-6(5)8/h4-5H,2-3H2,1H3. The fourth-order valence-corrected chi connectivity index (χ4v) is 0.827. The van der Waals surface area contributed by atoms with E-state index in [2.05, 4.69) is 9.73 Å². The minimum absolute atomic E-state index is 0.0741. The van der Waals surface area contributed by atoms with Crippen molar-refractivity contribution in [2.75, 3.05) is 13.7 Å². The Labute approximate surface area is 53.7 Å². The molecule has 9 heavy (non-hydrogen) atoms. The number of rotatable bonds is 1. The molecule has 0 amide bonds. The molecule has 0 saturated carbocycles. The number of nitrogens with zero attached hydrogens (tertiary/aromatic N) is 1. The molecule has 1 aliphatic rings. The normalized spacial score (nSPS) is 27.2. The van der Waals surface area contributed by atoms with E-state index >= 15 is 0 Å².